The van der Waals surface area contributed by atoms with Crippen LogP contribution in [0.3, 0.4) is 0 Å². The van der Waals surface area contributed by atoms with Gasteiger partial charge in [-0.3, -0.25) is 20.4 Å². The highest BCUT2D eigenvalue weighted by molar-refractivity contribution is 7.89. The van der Waals surface area contributed by atoms with E-state index in [1.54, 1.807) is 36.4 Å². The predicted octanol–water partition coefficient (Wildman–Crippen LogP) is 0.978. The molecule has 0 spiro atoms. The van der Waals surface area contributed by atoms with Crippen molar-refractivity contribution in [2.24, 2.45) is 0 Å². The fourth-order valence-electron chi connectivity index (χ4n) is 2.54. The molecule has 0 unspecified atom stereocenters. The Hall–Kier alpha value is -3.11. The first-order chi connectivity index (χ1) is 14.0. The smallest absolute Gasteiger partial charge is 0.269 e. The van der Waals surface area contributed by atoms with Gasteiger partial charge in [0.2, 0.25) is 15.9 Å². The molecule has 1 aliphatic rings. The first-order valence-electron chi connectivity index (χ1n) is 8.99. The number of nitrogens with one attached hydrogen (secondary N) is 3. The average Bonchev–Trinajstić information content (AvgIpc) is 2.97. The summed E-state index contributed by atoms with van der Waals surface area (Å²) in [5, 5.41) is 0. The number of benzene rings is 2. The number of hydrogen-bond acceptors (Lipinski definition) is 6. The van der Waals surface area contributed by atoms with Gasteiger partial charge in [0.1, 0.15) is 0 Å². The summed E-state index contributed by atoms with van der Waals surface area (Å²) in [6, 6.07) is 12.7. The quantitative estimate of drug-likeness (QED) is 0.600. The molecule has 1 aliphatic heterocycles. The van der Waals surface area contributed by atoms with Gasteiger partial charge in [-0.15, -0.1) is 0 Å². The fraction of sp³-hybridized carbons (Fsp3) is 0.263. The number of ether oxygens (including phenoxy) is 2. The van der Waals surface area contributed by atoms with E-state index >= 15 is 0 Å². The maximum atomic E-state index is 12.4. The van der Waals surface area contributed by atoms with E-state index in [1.807, 2.05) is 0 Å². The van der Waals surface area contributed by atoms with Gasteiger partial charge in [-0.1, -0.05) is 18.2 Å². The van der Waals surface area contributed by atoms with Crippen molar-refractivity contribution >= 4 is 21.8 Å². The van der Waals surface area contributed by atoms with E-state index in [0.29, 0.717) is 36.7 Å². The third-order valence-corrected chi connectivity index (χ3v) is 5.48. The Morgan fingerprint density at radius 2 is 1.66 bits per heavy atom. The highest BCUT2D eigenvalue weighted by Gasteiger charge is 2.19. The van der Waals surface area contributed by atoms with Gasteiger partial charge in [-0.25, -0.2) is 13.1 Å². The molecular formula is C19H21N3O6S. The van der Waals surface area contributed by atoms with Crippen molar-refractivity contribution in [2.45, 2.75) is 17.7 Å². The van der Waals surface area contributed by atoms with Gasteiger partial charge < -0.3 is 9.47 Å². The van der Waals surface area contributed by atoms with Gasteiger partial charge in [0.15, 0.2) is 11.5 Å². The van der Waals surface area contributed by atoms with Crippen molar-refractivity contribution in [1.29, 1.82) is 0 Å². The molecule has 1 heterocycles. The first kappa shape index (κ1) is 20.6. The van der Waals surface area contributed by atoms with E-state index in [2.05, 4.69) is 15.6 Å². The van der Waals surface area contributed by atoms with Crippen LogP contribution in [-0.2, 0) is 14.8 Å². The molecule has 0 radical (unpaired) electrons. The Balaban J connectivity index is 1.48. The highest BCUT2D eigenvalue weighted by Crippen LogP contribution is 2.31. The van der Waals surface area contributed by atoms with Crippen LogP contribution in [0.1, 0.15) is 23.2 Å². The van der Waals surface area contributed by atoms with E-state index in [1.165, 1.54) is 12.1 Å². The molecule has 0 saturated heterocycles. The van der Waals surface area contributed by atoms with Crippen LogP contribution in [0.15, 0.2) is 53.4 Å². The van der Waals surface area contributed by atoms with Crippen LogP contribution in [0.2, 0.25) is 0 Å². The second-order valence-electron chi connectivity index (χ2n) is 6.18. The zero-order valence-electron chi connectivity index (χ0n) is 15.5. The van der Waals surface area contributed by atoms with Crippen LogP contribution >= 0.6 is 0 Å². The van der Waals surface area contributed by atoms with Crippen LogP contribution in [0.4, 0.5) is 0 Å². The molecule has 2 aromatic carbocycles. The topological polar surface area (TPSA) is 123 Å². The second-order valence-corrected chi connectivity index (χ2v) is 7.94. The SMILES string of the molecule is O=C(CCNS(=O)(=O)c1ccc2c(c1)OCCCO2)NNC(=O)c1ccccc1. The number of sulfonamides is 1. The molecule has 2 aromatic rings. The maximum Gasteiger partial charge on any atom is 0.269 e. The van der Waals surface area contributed by atoms with Crippen LogP contribution in [0, 0.1) is 0 Å². The predicted molar refractivity (Wildman–Crippen MR) is 104 cm³/mol. The van der Waals surface area contributed by atoms with Crippen LogP contribution in [0.5, 0.6) is 11.5 Å². The van der Waals surface area contributed by atoms with Gasteiger partial charge in [0.25, 0.3) is 5.91 Å². The fourth-order valence-corrected chi connectivity index (χ4v) is 3.59. The molecule has 0 aromatic heterocycles. The number of fused-ring (bicyclic) bond motifs is 1. The van der Waals surface area contributed by atoms with E-state index in [-0.39, 0.29) is 17.9 Å². The normalized spacial score (nSPS) is 13.2. The lowest BCUT2D eigenvalue weighted by Crippen LogP contribution is -2.42. The number of amides is 2. The number of carbonyl (C=O) groups is 2. The molecule has 29 heavy (non-hydrogen) atoms. The zero-order chi connectivity index (χ0) is 20.7. The molecule has 0 atom stereocenters. The van der Waals surface area contributed by atoms with Crippen molar-refractivity contribution < 1.29 is 27.5 Å². The molecule has 0 bridgehead atoms. The summed E-state index contributed by atoms with van der Waals surface area (Å²) >= 11 is 0. The lowest BCUT2D eigenvalue weighted by atomic mass is 10.2. The minimum Gasteiger partial charge on any atom is -0.490 e. The first-order valence-corrected chi connectivity index (χ1v) is 10.5. The highest BCUT2D eigenvalue weighted by atomic mass is 32.2. The molecule has 9 nitrogen and oxygen atoms in total. The van der Waals surface area contributed by atoms with Crippen LogP contribution in [-0.4, -0.2) is 40.0 Å². The molecule has 10 heteroatoms. The van der Waals surface area contributed by atoms with Gasteiger partial charge >= 0.3 is 0 Å². The lowest BCUT2D eigenvalue weighted by Gasteiger charge is -2.11. The zero-order valence-corrected chi connectivity index (χ0v) is 16.3. The summed E-state index contributed by atoms with van der Waals surface area (Å²) in [4.78, 5) is 23.7. The molecule has 0 saturated carbocycles. The van der Waals surface area contributed by atoms with E-state index in [0.717, 1.165) is 0 Å². The third kappa shape index (κ3) is 5.69. The summed E-state index contributed by atoms with van der Waals surface area (Å²) in [6.45, 7) is 0.815. The van der Waals surface area contributed by atoms with E-state index in [4.69, 9.17) is 9.47 Å². The largest absolute Gasteiger partial charge is 0.490 e. The van der Waals surface area contributed by atoms with Crippen molar-refractivity contribution in [1.82, 2.24) is 15.6 Å². The van der Waals surface area contributed by atoms with Crippen LogP contribution < -0.4 is 25.0 Å². The Kier molecular flexibility index (Phi) is 6.68. The van der Waals surface area contributed by atoms with Crippen molar-refractivity contribution in [3.63, 3.8) is 0 Å². The summed E-state index contributed by atoms with van der Waals surface area (Å²) in [6.07, 6.45) is 0.559. The van der Waals surface area contributed by atoms with Crippen molar-refractivity contribution in [2.75, 3.05) is 19.8 Å². The number of rotatable bonds is 6. The second kappa shape index (κ2) is 9.39. The average molecular weight is 419 g/mol. The molecule has 0 fully saturated rings. The minimum absolute atomic E-state index is 0.0135. The molecule has 0 aliphatic carbocycles. The molecule has 3 rings (SSSR count). The molecule has 3 N–H and O–H groups in total. The Morgan fingerprint density at radius 1 is 0.931 bits per heavy atom. The Labute approximate surface area is 168 Å². The standard InChI is InChI=1S/C19H21N3O6S/c23-18(21-22-19(24)14-5-2-1-3-6-14)9-10-20-29(25,26)15-7-8-16-17(13-15)28-12-4-11-27-16/h1-3,5-8,13,20H,4,9-12H2,(H,21,23)(H,22,24). The third-order valence-electron chi connectivity index (χ3n) is 4.02. The number of hydrogen-bond donors (Lipinski definition) is 3. The number of carbonyl (C=O) groups excluding carboxylic acids is 2. The van der Waals surface area contributed by atoms with E-state index < -0.39 is 21.8 Å². The Bertz CT molecular complexity index is 979. The summed E-state index contributed by atoms with van der Waals surface area (Å²) in [5.41, 5.74) is 4.91. The Morgan fingerprint density at radius 3 is 2.41 bits per heavy atom. The van der Waals surface area contributed by atoms with Gasteiger partial charge in [0, 0.05) is 31.0 Å². The lowest BCUT2D eigenvalue weighted by molar-refractivity contribution is -0.121. The molecular weight excluding hydrogens is 398 g/mol. The van der Waals surface area contributed by atoms with Crippen molar-refractivity contribution in [3.8, 4) is 11.5 Å². The van der Waals surface area contributed by atoms with Crippen molar-refractivity contribution in [3.05, 3.63) is 54.1 Å². The minimum atomic E-state index is -3.83. The van der Waals surface area contributed by atoms with Crippen LogP contribution in [0.25, 0.3) is 0 Å². The van der Waals surface area contributed by atoms with Gasteiger partial charge in [-0.05, 0) is 24.3 Å². The van der Waals surface area contributed by atoms with E-state index in [9.17, 15) is 18.0 Å². The molecule has 2 amide bonds. The van der Waals surface area contributed by atoms with Gasteiger partial charge in [-0.2, -0.15) is 0 Å². The number of hydrazine groups is 1. The van der Waals surface area contributed by atoms with Gasteiger partial charge in [0.05, 0.1) is 18.1 Å². The summed E-state index contributed by atoms with van der Waals surface area (Å²) in [5.74, 6) is -0.135. The summed E-state index contributed by atoms with van der Waals surface area (Å²) < 4.78 is 38.2. The summed E-state index contributed by atoms with van der Waals surface area (Å²) in [7, 11) is -3.83. The maximum absolute atomic E-state index is 12.4. The monoisotopic (exact) mass is 419 g/mol. The molecule has 154 valence electrons.